The van der Waals surface area contributed by atoms with E-state index < -0.39 is 10.9 Å². The van der Waals surface area contributed by atoms with Crippen LogP contribution in [0.5, 0.6) is 0 Å². The molecule has 1 fully saturated rings. The third-order valence-corrected chi connectivity index (χ3v) is 4.81. The number of nitrogens with zero attached hydrogens (tertiary/aromatic N) is 2. The Balaban J connectivity index is 1.93. The molecule has 1 aliphatic rings. The van der Waals surface area contributed by atoms with E-state index >= 15 is 0 Å². The molecule has 4 N–H and O–H groups in total. The molecule has 1 aromatic heterocycles. The summed E-state index contributed by atoms with van der Waals surface area (Å²) in [6, 6.07) is 4.61. The lowest BCUT2D eigenvalue weighted by Gasteiger charge is -2.29. The number of quaternary nitrogens is 1. The monoisotopic (exact) mass is 336 g/mol. The fourth-order valence-corrected chi connectivity index (χ4v) is 3.20. The summed E-state index contributed by atoms with van der Waals surface area (Å²) < 4.78 is 0. The third kappa shape index (κ3) is 3.20. The lowest BCUT2D eigenvalue weighted by Crippen LogP contribution is -2.48. The minimum absolute atomic E-state index is 0.0642. The van der Waals surface area contributed by atoms with Gasteiger partial charge >= 0.3 is 11.8 Å². The van der Waals surface area contributed by atoms with Crippen molar-refractivity contribution in [1.82, 2.24) is 9.90 Å². The number of carbonyl (C=O) groups is 1. The average Bonchev–Trinajstić information content (AvgIpc) is 2.86. The van der Waals surface area contributed by atoms with E-state index in [0.717, 1.165) is 24.8 Å². The average molecular weight is 336 g/mol. The van der Waals surface area contributed by atoms with Crippen LogP contribution >= 0.6 is 11.3 Å². The number of anilines is 1. The van der Waals surface area contributed by atoms with Crippen molar-refractivity contribution in [2.24, 2.45) is 0 Å². The van der Waals surface area contributed by atoms with E-state index in [2.05, 4.69) is 10.4 Å². The SMILES string of the molecule is Cc1nc([N+](O)(O)Nc2ccc(C(=O)O)cc2C2CCC2)cs1. The van der Waals surface area contributed by atoms with Crippen LogP contribution in [-0.4, -0.2) is 26.5 Å². The Morgan fingerprint density at radius 2 is 2.13 bits per heavy atom. The van der Waals surface area contributed by atoms with E-state index in [1.54, 1.807) is 24.4 Å². The van der Waals surface area contributed by atoms with Crippen molar-refractivity contribution in [3.63, 3.8) is 0 Å². The minimum Gasteiger partial charge on any atom is -0.478 e. The maximum absolute atomic E-state index is 11.2. The van der Waals surface area contributed by atoms with Gasteiger partial charge in [0.15, 0.2) is 0 Å². The maximum Gasteiger partial charge on any atom is 0.335 e. The van der Waals surface area contributed by atoms with Gasteiger partial charge in [-0.15, -0.1) is 21.8 Å². The number of thiazole rings is 1. The maximum atomic E-state index is 11.2. The van der Waals surface area contributed by atoms with Crippen LogP contribution in [0, 0.1) is 6.92 Å². The van der Waals surface area contributed by atoms with Crippen molar-refractivity contribution >= 4 is 28.8 Å². The topological polar surface area (TPSA) is 103 Å². The summed E-state index contributed by atoms with van der Waals surface area (Å²) in [6.07, 6.45) is 3.01. The Morgan fingerprint density at radius 3 is 2.65 bits per heavy atom. The number of benzene rings is 1. The van der Waals surface area contributed by atoms with Crippen LogP contribution in [0.15, 0.2) is 23.6 Å². The fraction of sp³-hybridized carbons (Fsp3) is 0.333. The highest BCUT2D eigenvalue weighted by atomic mass is 32.1. The van der Waals surface area contributed by atoms with E-state index in [9.17, 15) is 15.2 Å². The summed E-state index contributed by atoms with van der Waals surface area (Å²) in [4.78, 5) is 13.7. The molecule has 1 aliphatic carbocycles. The van der Waals surface area contributed by atoms with Gasteiger partial charge in [0.05, 0.1) is 21.6 Å². The molecule has 7 nitrogen and oxygen atoms in total. The molecule has 0 amide bonds. The summed E-state index contributed by atoms with van der Waals surface area (Å²) in [5.74, 6) is -0.704. The zero-order valence-electron chi connectivity index (χ0n) is 12.6. The quantitative estimate of drug-likeness (QED) is 0.492. The first-order valence-corrected chi connectivity index (χ1v) is 8.17. The van der Waals surface area contributed by atoms with Crippen LogP contribution in [0.2, 0.25) is 0 Å². The number of aromatic carboxylic acids is 1. The molecule has 0 aliphatic heterocycles. The molecule has 23 heavy (non-hydrogen) atoms. The molecule has 8 heteroatoms. The molecule has 0 unspecified atom stereocenters. The first kappa shape index (κ1) is 15.9. The number of aryl methyl sites for hydroxylation is 1. The van der Waals surface area contributed by atoms with Gasteiger partial charge in [0, 0.05) is 0 Å². The summed E-state index contributed by atoms with van der Waals surface area (Å²) in [7, 11) is 0. The van der Waals surface area contributed by atoms with Crippen LogP contribution in [0.25, 0.3) is 0 Å². The number of nitrogens with one attached hydrogen (secondary N) is 1. The van der Waals surface area contributed by atoms with Crippen LogP contribution in [0.1, 0.15) is 46.1 Å². The molecule has 1 saturated carbocycles. The third-order valence-electron chi connectivity index (χ3n) is 4.05. The smallest absolute Gasteiger partial charge is 0.335 e. The number of hydrogen-bond donors (Lipinski definition) is 4. The van der Waals surface area contributed by atoms with E-state index in [-0.39, 0.29) is 17.3 Å². The van der Waals surface area contributed by atoms with Gasteiger partial charge in [0.25, 0.3) is 0 Å². The molecule has 0 saturated heterocycles. The molecule has 3 rings (SSSR count). The lowest BCUT2D eigenvalue weighted by molar-refractivity contribution is -0.274. The van der Waals surface area contributed by atoms with Gasteiger partial charge in [-0.25, -0.2) is 4.79 Å². The zero-order valence-corrected chi connectivity index (χ0v) is 13.4. The Kier molecular flexibility index (Phi) is 4.07. The van der Waals surface area contributed by atoms with Crippen molar-refractivity contribution in [3.8, 4) is 0 Å². The molecule has 122 valence electrons. The molecular weight excluding hydrogens is 318 g/mol. The van der Waals surface area contributed by atoms with Crippen molar-refractivity contribution in [2.45, 2.75) is 32.1 Å². The highest BCUT2D eigenvalue weighted by Gasteiger charge is 2.33. The summed E-state index contributed by atoms with van der Waals surface area (Å²) in [5, 5.41) is 31.9. The minimum atomic E-state index is -1.57. The van der Waals surface area contributed by atoms with Gasteiger partial charge in [0.2, 0.25) is 0 Å². The first-order chi connectivity index (χ1) is 10.9. The fourth-order valence-electron chi connectivity index (χ4n) is 2.58. The number of aromatic nitrogens is 1. The Labute approximate surface area is 136 Å². The van der Waals surface area contributed by atoms with Crippen molar-refractivity contribution in [2.75, 3.05) is 5.43 Å². The second-order valence-corrected chi connectivity index (χ2v) is 6.74. The highest BCUT2D eigenvalue weighted by Crippen LogP contribution is 2.41. The molecule has 1 aromatic carbocycles. The Hall–Kier alpha value is -2.00. The van der Waals surface area contributed by atoms with Gasteiger partial charge in [-0.05, 0) is 49.4 Å². The second kappa shape index (κ2) is 5.89. The van der Waals surface area contributed by atoms with Gasteiger partial charge in [-0.3, -0.25) is 0 Å². The number of carboxylic acids is 1. The van der Waals surface area contributed by atoms with E-state index in [1.807, 2.05) is 0 Å². The van der Waals surface area contributed by atoms with Gasteiger partial charge in [-0.1, -0.05) is 6.42 Å². The van der Waals surface area contributed by atoms with Crippen LogP contribution in [-0.2, 0) is 0 Å². The van der Waals surface area contributed by atoms with Crippen molar-refractivity contribution in [3.05, 3.63) is 39.7 Å². The van der Waals surface area contributed by atoms with Crippen LogP contribution in [0.3, 0.4) is 0 Å². The van der Waals surface area contributed by atoms with Crippen molar-refractivity contribution in [1.29, 1.82) is 0 Å². The zero-order chi connectivity index (χ0) is 16.6. The van der Waals surface area contributed by atoms with E-state index in [1.165, 1.54) is 17.4 Å². The Morgan fingerprint density at radius 1 is 1.39 bits per heavy atom. The van der Waals surface area contributed by atoms with Crippen molar-refractivity contribution < 1.29 is 20.3 Å². The summed E-state index contributed by atoms with van der Waals surface area (Å²) in [5.41, 5.74) is 4.10. The number of rotatable bonds is 5. The molecule has 0 atom stereocenters. The highest BCUT2D eigenvalue weighted by molar-refractivity contribution is 7.09. The standard InChI is InChI=1S/C15H17N3O4S/c1-9-16-14(8-23-9)18(21,22)17-13-6-5-11(15(19)20)7-12(13)10-3-2-4-10/h5-8,10,17,21-22H,2-4H2,1H3/p+1. The van der Waals surface area contributed by atoms with E-state index in [4.69, 9.17) is 5.11 Å². The van der Waals surface area contributed by atoms with E-state index in [0.29, 0.717) is 10.7 Å². The molecule has 0 spiro atoms. The second-order valence-electron chi connectivity index (χ2n) is 5.67. The predicted molar refractivity (Wildman–Crippen MR) is 85.8 cm³/mol. The van der Waals surface area contributed by atoms with Crippen LogP contribution in [0.4, 0.5) is 11.5 Å². The van der Waals surface area contributed by atoms with Gasteiger partial charge in [-0.2, -0.15) is 10.4 Å². The number of hydrogen-bond acceptors (Lipinski definition) is 6. The summed E-state index contributed by atoms with van der Waals surface area (Å²) >= 11 is 1.31. The molecular formula is C15H18N3O4S+. The Bertz CT molecular complexity index is 740. The number of carboxylic acid groups (broad SMARTS) is 1. The first-order valence-electron chi connectivity index (χ1n) is 7.29. The molecule has 2 aromatic rings. The van der Waals surface area contributed by atoms with Gasteiger partial charge < -0.3 is 5.11 Å². The normalized spacial score (nSPS) is 15.3. The van der Waals surface area contributed by atoms with Crippen LogP contribution < -0.4 is 10.3 Å². The predicted octanol–water partition coefficient (Wildman–Crippen LogP) is 3.53. The molecule has 1 heterocycles. The lowest BCUT2D eigenvalue weighted by atomic mass is 9.79. The largest absolute Gasteiger partial charge is 0.478 e. The molecule has 0 radical (unpaired) electrons. The van der Waals surface area contributed by atoms with Gasteiger partial charge in [0.1, 0.15) is 4.92 Å². The molecule has 0 bridgehead atoms. The summed E-state index contributed by atoms with van der Waals surface area (Å²) in [6.45, 7) is 1.77.